The van der Waals surface area contributed by atoms with Gasteiger partial charge in [-0.05, 0) is 24.6 Å². The Hall–Kier alpha value is -0.210. The second-order valence-electron chi connectivity index (χ2n) is 3.81. The van der Waals surface area contributed by atoms with Crippen LogP contribution >= 0.6 is 27.5 Å². The number of nitrogens with one attached hydrogen (secondary N) is 1. The number of ether oxygens (including phenoxy) is 1. The number of halogens is 3. The van der Waals surface area contributed by atoms with E-state index in [4.69, 9.17) is 16.3 Å². The van der Waals surface area contributed by atoms with Crippen LogP contribution in [0.25, 0.3) is 0 Å². The molecule has 0 spiro atoms. The zero-order chi connectivity index (χ0) is 14.5. The van der Waals surface area contributed by atoms with Crippen molar-refractivity contribution in [2.75, 3.05) is 20.3 Å². The predicted molar refractivity (Wildman–Crippen MR) is 75.4 cm³/mol. The average molecular weight is 375 g/mol. The Morgan fingerprint density at radius 3 is 2.79 bits per heavy atom. The number of sulfonamides is 1. The summed E-state index contributed by atoms with van der Waals surface area (Å²) in [5.41, 5.74) is 0. The molecule has 0 amide bonds. The molecule has 8 heteroatoms. The van der Waals surface area contributed by atoms with Gasteiger partial charge in [0.15, 0.2) is 0 Å². The van der Waals surface area contributed by atoms with E-state index in [2.05, 4.69) is 20.7 Å². The van der Waals surface area contributed by atoms with Crippen molar-refractivity contribution in [2.45, 2.75) is 16.7 Å². The second kappa shape index (κ2) is 7.54. The van der Waals surface area contributed by atoms with Gasteiger partial charge in [0.25, 0.3) is 0 Å². The normalized spacial score (nSPS) is 13.5. The third-order valence-electron chi connectivity index (χ3n) is 2.28. The molecule has 1 aromatic rings. The van der Waals surface area contributed by atoms with Crippen LogP contribution in [0.2, 0.25) is 0 Å². The Bertz CT molecular complexity index is 527. The Labute approximate surface area is 125 Å². The summed E-state index contributed by atoms with van der Waals surface area (Å²) in [4.78, 5) is -0.381. The number of methoxy groups -OCH3 is 1. The largest absolute Gasteiger partial charge is 0.383 e. The van der Waals surface area contributed by atoms with Gasteiger partial charge in [-0.15, -0.1) is 11.6 Å². The van der Waals surface area contributed by atoms with Gasteiger partial charge in [0.05, 0.1) is 12.0 Å². The van der Waals surface area contributed by atoms with Gasteiger partial charge < -0.3 is 4.74 Å². The fourth-order valence-corrected chi connectivity index (χ4v) is 3.06. The van der Waals surface area contributed by atoms with Gasteiger partial charge in [0, 0.05) is 18.1 Å². The highest BCUT2D eigenvalue weighted by Crippen LogP contribution is 2.19. The Balaban J connectivity index is 2.66. The molecule has 108 valence electrons. The Morgan fingerprint density at radius 1 is 1.53 bits per heavy atom. The number of hydrogen-bond donors (Lipinski definition) is 1. The third kappa shape index (κ3) is 5.35. The minimum atomic E-state index is -3.86. The van der Waals surface area contributed by atoms with E-state index >= 15 is 0 Å². The van der Waals surface area contributed by atoms with Crippen molar-refractivity contribution in [3.63, 3.8) is 0 Å². The summed E-state index contributed by atoms with van der Waals surface area (Å²) in [5.74, 6) is -0.804. The molecule has 0 saturated heterocycles. The lowest BCUT2D eigenvalue weighted by atomic mass is 10.3. The summed E-state index contributed by atoms with van der Waals surface area (Å²) >= 11 is 8.93. The summed E-state index contributed by atoms with van der Waals surface area (Å²) in [6, 6.07) is 3.77. The van der Waals surface area contributed by atoms with Gasteiger partial charge in [-0.2, -0.15) is 0 Å². The maximum absolute atomic E-state index is 13.6. The highest BCUT2D eigenvalue weighted by atomic mass is 79.9. The Morgan fingerprint density at radius 2 is 2.21 bits per heavy atom. The van der Waals surface area contributed by atoms with Crippen LogP contribution < -0.4 is 4.72 Å². The summed E-state index contributed by atoms with van der Waals surface area (Å²) in [5, 5.41) is -0.289. The molecule has 0 bridgehead atoms. The van der Waals surface area contributed by atoms with Crippen molar-refractivity contribution in [1.29, 1.82) is 0 Å². The van der Waals surface area contributed by atoms with Crippen LogP contribution in [-0.2, 0) is 14.8 Å². The lowest BCUT2D eigenvalue weighted by Gasteiger charge is -2.10. The van der Waals surface area contributed by atoms with E-state index < -0.39 is 15.8 Å². The van der Waals surface area contributed by atoms with Crippen molar-refractivity contribution >= 4 is 37.6 Å². The highest BCUT2D eigenvalue weighted by molar-refractivity contribution is 9.10. The summed E-state index contributed by atoms with van der Waals surface area (Å²) in [6.45, 7) is 0.450. The van der Waals surface area contributed by atoms with E-state index in [1.807, 2.05) is 0 Å². The van der Waals surface area contributed by atoms with Crippen molar-refractivity contribution in [1.82, 2.24) is 4.72 Å². The van der Waals surface area contributed by atoms with E-state index in [1.165, 1.54) is 19.2 Å². The van der Waals surface area contributed by atoms with E-state index in [0.717, 1.165) is 6.07 Å². The first-order chi connectivity index (χ1) is 8.86. The third-order valence-corrected chi connectivity index (χ3v) is 4.61. The van der Waals surface area contributed by atoms with E-state index in [9.17, 15) is 12.8 Å². The summed E-state index contributed by atoms with van der Waals surface area (Å²) < 4.78 is 44.9. The topological polar surface area (TPSA) is 55.4 Å². The standard InChI is InChI=1S/C11H14BrClFNO3S/c1-18-7-9(13)4-5-15-19(16,17)11-3-2-8(12)6-10(11)14/h2-3,6,9,15H,4-5,7H2,1H3. The molecule has 0 aromatic heterocycles. The van der Waals surface area contributed by atoms with Crippen LogP contribution in [0.1, 0.15) is 6.42 Å². The van der Waals surface area contributed by atoms with Gasteiger partial charge in [0.1, 0.15) is 10.7 Å². The van der Waals surface area contributed by atoms with Crippen LogP contribution in [0.5, 0.6) is 0 Å². The highest BCUT2D eigenvalue weighted by Gasteiger charge is 2.19. The van der Waals surface area contributed by atoms with Crippen molar-refractivity contribution < 1.29 is 17.5 Å². The zero-order valence-electron chi connectivity index (χ0n) is 10.2. The van der Waals surface area contributed by atoms with Gasteiger partial charge in [0.2, 0.25) is 10.0 Å². The molecule has 1 aromatic carbocycles. The van der Waals surface area contributed by atoms with Crippen molar-refractivity contribution in [3.8, 4) is 0 Å². The van der Waals surface area contributed by atoms with Crippen molar-refractivity contribution in [2.24, 2.45) is 0 Å². The molecule has 1 atom stereocenters. The van der Waals surface area contributed by atoms with E-state index in [-0.39, 0.29) is 16.8 Å². The van der Waals surface area contributed by atoms with Crippen LogP contribution in [-0.4, -0.2) is 34.1 Å². The van der Waals surface area contributed by atoms with Crippen LogP contribution in [0.4, 0.5) is 4.39 Å². The fourth-order valence-electron chi connectivity index (χ4n) is 1.38. The average Bonchev–Trinajstić information content (AvgIpc) is 2.28. The lowest BCUT2D eigenvalue weighted by molar-refractivity contribution is 0.196. The first-order valence-electron chi connectivity index (χ1n) is 5.44. The molecule has 19 heavy (non-hydrogen) atoms. The number of rotatable bonds is 7. The van der Waals surface area contributed by atoms with Crippen LogP contribution in [0.3, 0.4) is 0 Å². The molecule has 1 unspecified atom stereocenters. The molecular formula is C11H14BrClFNO3S. The fraction of sp³-hybridized carbons (Fsp3) is 0.455. The number of alkyl halides is 1. The van der Waals surface area contributed by atoms with E-state index in [1.54, 1.807) is 0 Å². The van der Waals surface area contributed by atoms with Crippen molar-refractivity contribution in [3.05, 3.63) is 28.5 Å². The molecule has 0 heterocycles. The quantitative estimate of drug-likeness (QED) is 0.746. The van der Waals surface area contributed by atoms with E-state index in [0.29, 0.717) is 17.5 Å². The summed E-state index contributed by atoms with van der Waals surface area (Å²) in [7, 11) is -2.35. The first-order valence-corrected chi connectivity index (χ1v) is 8.16. The molecule has 0 saturated carbocycles. The smallest absolute Gasteiger partial charge is 0.243 e. The Kier molecular flexibility index (Phi) is 6.68. The lowest BCUT2D eigenvalue weighted by Crippen LogP contribution is -2.28. The molecule has 0 fully saturated rings. The predicted octanol–water partition coefficient (Wildman–Crippen LogP) is 2.51. The SMILES string of the molecule is COCC(Cl)CCNS(=O)(=O)c1ccc(Br)cc1F. The zero-order valence-corrected chi connectivity index (χ0v) is 13.4. The van der Waals surface area contributed by atoms with Gasteiger partial charge in [-0.1, -0.05) is 15.9 Å². The van der Waals surface area contributed by atoms with Gasteiger partial charge >= 0.3 is 0 Å². The second-order valence-corrected chi connectivity index (χ2v) is 7.08. The van der Waals surface area contributed by atoms with Gasteiger partial charge in [-0.3, -0.25) is 0 Å². The maximum atomic E-state index is 13.6. The monoisotopic (exact) mass is 373 g/mol. The molecule has 0 aliphatic heterocycles. The minimum Gasteiger partial charge on any atom is -0.383 e. The molecule has 0 aliphatic carbocycles. The molecule has 1 rings (SSSR count). The molecule has 1 N–H and O–H groups in total. The molecule has 0 aliphatic rings. The van der Waals surface area contributed by atoms with Crippen LogP contribution in [0.15, 0.2) is 27.6 Å². The van der Waals surface area contributed by atoms with Gasteiger partial charge in [-0.25, -0.2) is 17.5 Å². The molecular weight excluding hydrogens is 361 g/mol. The molecule has 0 radical (unpaired) electrons. The summed E-state index contributed by atoms with van der Waals surface area (Å²) in [6.07, 6.45) is 0.396. The maximum Gasteiger partial charge on any atom is 0.243 e. The number of hydrogen-bond acceptors (Lipinski definition) is 3. The van der Waals surface area contributed by atoms with Crippen LogP contribution in [0, 0.1) is 5.82 Å². The number of benzene rings is 1. The first kappa shape index (κ1) is 16.8. The minimum absolute atomic E-state index is 0.120. The molecule has 4 nitrogen and oxygen atoms in total.